The zero-order valence-electron chi connectivity index (χ0n) is 16.1. The topological polar surface area (TPSA) is 20.2 Å². The third-order valence-electron chi connectivity index (χ3n) is 5.10. The Balaban J connectivity index is 2.75. The van der Waals surface area contributed by atoms with E-state index in [4.69, 9.17) is 0 Å². The molecule has 0 bridgehead atoms. The molecule has 24 heavy (non-hydrogen) atoms. The van der Waals surface area contributed by atoms with Crippen molar-refractivity contribution in [1.29, 1.82) is 0 Å². The first-order chi connectivity index (χ1) is 11.7. The molecule has 1 aromatic rings. The molecule has 0 aromatic heterocycles. The molecule has 0 aliphatic heterocycles. The molecule has 2 heteroatoms. The van der Waals surface area contributed by atoms with Gasteiger partial charge in [-0.25, -0.2) is 0 Å². The van der Waals surface area contributed by atoms with Crippen molar-refractivity contribution < 1.29 is 5.11 Å². The van der Waals surface area contributed by atoms with Gasteiger partial charge in [0, 0.05) is 0 Å². The molecule has 0 radical (unpaired) electrons. The maximum atomic E-state index is 10.4. The summed E-state index contributed by atoms with van der Waals surface area (Å²) in [4.78, 5) is 0. The van der Waals surface area contributed by atoms with E-state index >= 15 is 0 Å². The van der Waals surface area contributed by atoms with Crippen molar-refractivity contribution in [2.75, 3.05) is 0 Å². The van der Waals surface area contributed by atoms with Crippen molar-refractivity contribution in [3.63, 3.8) is 0 Å². The average Bonchev–Trinajstić information content (AvgIpc) is 2.63. The summed E-state index contributed by atoms with van der Waals surface area (Å²) in [5, 5.41) is 10.4. The van der Waals surface area contributed by atoms with Gasteiger partial charge in [-0.15, -0.1) is 0 Å². The van der Waals surface area contributed by atoms with Crippen LogP contribution < -0.4 is 0 Å². The summed E-state index contributed by atoms with van der Waals surface area (Å²) in [6.45, 7) is 6.96. The van der Waals surface area contributed by atoms with Gasteiger partial charge in [0.2, 0.25) is 0 Å². The third kappa shape index (κ3) is 8.20. The van der Waals surface area contributed by atoms with E-state index in [2.05, 4.69) is 30.9 Å². The van der Waals surface area contributed by atoms with E-state index in [1.807, 2.05) is 30.3 Å². The predicted octanol–water partition coefficient (Wildman–Crippen LogP) is 7.05. The van der Waals surface area contributed by atoms with E-state index in [0.29, 0.717) is 0 Å². The summed E-state index contributed by atoms with van der Waals surface area (Å²) < 4.78 is 7.18. The van der Waals surface area contributed by atoms with Crippen LogP contribution in [0.3, 0.4) is 0 Å². The predicted molar refractivity (Wildman–Crippen MR) is 110 cm³/mol. The van der Waals surface area contributed by atoms with Crippen LogP contribution in [-0.4, -0.2) is 23.5 Å². The quantitative estimate of drug-likeness (QED) is 0.328. The molecule has 0 spiro atoms. The summed E-state index contributed by atoms with van der Waals surface area (Å²) >= 11 is -2.17. The monoisotopic (exact) mass is 438 g/mol. The molecule has 0 saturated heterocycles. The minimum absolute atomic E-state index is 0.352. The van der Waals surface area contributed by atoms with Gasteiger partial charge in [0.25, 0.3) is 0 Å². The van der Waals surface area contributed by atoms with Gasteiger partial charge < -0.3 is 0 Å². The Bertz CT molecular complexity index is 419. The van der Waals surface area contributed by atoms with E-state index in [1.165, 1.54) is 51.8 Å². The SMILES string of the molecule is CCC[CH2][Sn](/[CH]=C\CC(O)c1ccccc1)([CH2]CCC)[CH2]CCC. The van der Waals surface area contributed by atoms with E-state index in [-0.39, 0.29) is 6.10 Å². The summed E-state index contributed by atoms with van der Waals surface area (Å²) in [5.41, 5.74) is 1.04. The molecular weight excluding hydrogens is 399 g/mol. The molecule has 1 atom stereocenters. The van der Waals surface area contributed by atoms with Crippen LogP contribution in [0, 0.1) is 0 Å². The second kappa shape index (κ2) is 13.0. The number of aliphatic hydroxyl groups excluding tert-OH is 1. The summed E-state index contributed by atoms with van der Waals surface area (Å²) in [5.74, 6) is 0. The zero-order valence-corrected chi connectivity index (χ0v) is 19.0. The van der Waals surface area contributed by atoms with Crippen molar-refractivity contribution in [1.82, 2.24) is 0 Å². The maximum absolute atomic E-state index is 10.4. The first-order valence-corrected chi connectivity index (χ1v) is 17.8. The fourth-order valence-corrected chi connectivity index (χ4v) is 17.9. The van der Waals surface area contributed by atoms with E-state index < -0.39 is 18.4 Å². The van der Waals surface area contributed by atoms with Crippen LogP contribution in [0.5, 0.6) is 0 Å². The van der Waals surface area contributed by atoms with Crippen LogP contribution in [0.4, 0.5) is 0 Å². The standard InChI is InChI=1S/C10H11O.3C4H9.Sn/c1-2-6-10(11)9-7-4-3-5-8-9;3*1-3-4-2;/h1-5,7-8,10-11H,6H2;3*1,3-4H2,2H3;. The Kier molecular flexibility index (Phi) is 11.8. The van der Waals surface area contributed by atoms with Gasteiger partial charge in [-0.1, -0.05) is 0 Å². The molecule has 136 valence electrons. The second-order valence-electron chi connectivity index (χ2n) is 7.24. The fraction of sp³-hybridized carbons (Fsp3) is 0.636. The Morgan fingerprint density at radius 3 is 1.83 bits per heavy atom. The summed E-state index contributed by atoms with van der Waals surface area (Å²) in [6.07, 6.45) is 10.9. The average molecular weight is 437 g/mol. The molecule has 1 rings (SSSR count). The van der Waals surface area contributed by atoms with Crippen LogP contribution in [-0.2, 0) is 0 Å². The van der Waals surface area contributed by atoms with Gasteiger partial charge in [0.05, 0.1) is 0 Å². The van der Waals surface area contributed by atoms with Crippen molar-refractivity contribution >= 4 is 18.4 Å². The van der Waals surface area contributed by atoms with Gasteiger partial charge in [0.1, 0.15) is 0 Å². The van der Waals surface area contributed by atoms with Crippen LogP contribution in [0.25, 0.3) is 0 Å². The van der Waals surface area contributed by atoms with E-state index in [9.17, 15) is 5.11 Å². The van der Waals surface area contributed by atoms with Crippen LogP contribution >= 0.6 is 0 Å². The molecule has 0 aliphatic rings. The number of hydrogen-bond donors (Lipinski definition) is 1. The number of benzene rings is 1. The molecule has 1 nitrogen and oxygen atoms in total. The summed E-state index contributed by atoms with van der Waals surface area (Å²) in [6, 6.07) is 10.1. The molecule has 1 aromatic carbocycles. The van der Waals surface area contributed by atoms with Gasteiger partial charge >= 0.3 is 155 Å². The Labute approximate surface area is 154 Å². The molecule has 0 heterocycles. The first-order valence-electron chi connectivity index (χ1n) is 10.1. The summed E-state index contributed by atoms with van der Waals surface area (Å²) in [7, 11) is 0. The zero-order chi connectivity index (χ0) is 17.7. The van der Waals surface area contributed by atoms with Crippen LogP contribution in [0.2, 0.25) is 13.3 Å². The third-order valence-corrected chi connectivity index (χ3v) is 19.3. The van der Waals surface area contributed by atoms with Crippen molar-refractivity contribution in [2.24, 2.45) is 0 Å². The Morgan fingerprint density at radius 1 is 0.875 bits per heavy atom. The van der Waals surface area contributed by atoms with Crippen molar-refractivity contribution in [3.05, 3.63) is 46.1 Å². The van der Waals surface area contributed by atoms with Crippen LogP contribution in [0.1, 0.15) is 77.4 Å². The molecule has 0 amide bonds. The molecule has 1 N–H and O–H groups in total. The Morgan fingerprint density at radius 2 is 1.38 bits per heavy atom. The number of hydrogen-bond acceptors (Lipinski definition) is 1. The van der Waals surface area contributed by atoms with Gasteiger partial charge in [-0.05, 0) is 0 Å². The van der Waals surface area contributed by atoms with E-state index in [0.717, 1.165) is 12.0 Å². The van der Waals surface area contributed by atoms with Gasteiger partial charge in [0.15, 0.2) is 0 Å². The molecule has 1 unspecified atom stereocenters. The molecule has 0 fully saturated rings. The number of rotatable bonds is 13. The number of unbranched alkanes of at least 4 members (excludes halogenated alkanes) is 3. The second-order valence-corrected chi connectivity index (χ2v) is 20.2. The van der Waals surface area contributed by atoms with Crippen molar-refractivity contribution in [3.8, 4) is 0 Å². The molecular formula is C22H38OSn. The Hall–Kier alpha value is -0.281. The van der Waals surface area contributed by atoms with Crippen molar-refractivity contribution in [2.45, 2.75) is 85.1 Å². The fourth-order valence-electron chi connectivity index (χ4n) is 3.47. The van der Waals surface area contributed by atoms with Crippen LogP contribution in [0.15, 0.2) is 40.5 Å². The van der Waals surface area contributed by atoms with Gasteiger partial charge in [-0.2, -0.15) is 0 Å². The van der Waals surface area contributed by atoms with E-state index in [1.54, 1.807) is 0 Å². The minimum atomic E-state index is -2.17. The normalized spacial score (nSPS) is 13.5. The molecule has 0 saturated carbocycles. The van der Waals surface area contributed by atoms with Gasteiger partial charge in [-0.3, -0.25) is 0 Å². The first kappa shape index (κ1) is 21.8. The number of aliphatic hydroxyl groups is 1. The molecule has 0 aliphatic carbocycles.